The molecule has 0 atom stereocenters. The summed E-state index contributed by atoms with van der Waals surface area (Å²) in [7, 11) is 1.63. The summed E-state index contributed by atoms with van der Waals surface area (Å²) in [5.41, 5.74) is 4.02. The number of hydrogen-bond donors (Lipinski definition) is 0. The monoisotopic (exact) mass is 338 g/mol. The molecule has 2 heterocycles. The summed E-state index contributed by atoms with van der Waals surface area (Å²) >= 11 is 6.27. The van der Waals surface area contributed by atoms with Crippen LogP contribution in [-0.4, -0.2) is 22.3 Å². The van der Waals surface area contributed by atoms with E-state index < -0.39 is 0 Å². The van der Waals surface area contributed by atoms with E-state index in [9.17, 15) is 4.79 Å². The third-order valence-corrected chi connectivity index (χ3v) is 4.62. The molecule has 4 rings (SSSR count). The zero-order valence-corrected chi connectivity index (χ0v) is 13.9. The van der Waals surface area contributed by atoms with E-state index in [0.29, 0.717) is 11.6 Å². The average Bonchev–Trinajstić information content (AvgIpc) is 2.92. The molecule has 0 saturated heterocycles. The second-order valence-corrected chi connectivity index (χ2v) is 6.10. The number of benzene rings is 1. The third-order valence-electron chi connectivity index (χ3n) is 4.35. The van der Waals surface area contributed by atoms with Gasteiger partial charge in [0, 0.05) is 17.3 Å². The van der Waals surface area contributed by atoms with Crippen LogP contribution >= 0.6 is 11.6 Å². The zero-order valence-electron chi connectivity index (χ0n) is 13.1. The molecule has 1 aliphatic carbocycles. The number of aromatic nitrogens is 2. The number of hydrogen-bond acceptors (Lipinski definition) is 3. The molecule has 3 aromatic rings. The van der Waals surface area contributed by atoms with Crippen molar-refractivity contribution in [3.05, 3.63) is 70.1 Å². The largest absolute Gasteiger partial charge is 0.497 e. The molecule has 0 bridgehead atoms. The Morgan fingerprint density at radius 2 is 2.12 bits per heavy atom. The number of pyridine rings is 1. The first kappa shape index (κ1) is 15.0. The van der Waals surface area contributed by atoms with E-state index in [1.807, 2.05) is 53.1 Å². The molecular formula is C19H15ClN2O2. The van der Waals surface area contributed by atoms with Crippen molar-refractivity contribution < 1.29 is 9.53 Å². The Kier molecular flexibility index (Phi) is 3.62. The highest BCUT2D eigenvalue weighted by molar-refractivity contribution is 6.31. The summed E-state index contributed by atoms with van der Waals surface area (Å²) in [5.74, 6) is 0.819. The Labute approximate surface area is 144 Å². The van der Waals surface area contributed by atoms with Crippen molar-refractivity contribution >= 4 is 29.1 Å². The van der Waals surface area contributed by atoms with Crippen LogP contribution in [0.2, 0.25) is 5.15 Å². The number of halogens is 1. The Morgan fingerprint density at radius 3 is 2.96 bits per heavy atom. The number of nitrogens with zero attached hydrogens (tertiary/aromatic N) is 2. The van der Waals surface area contributed by atoms with Gasteiger partial charge in [0.05, 0.1) is 12.8 Å². The van der Waals surface area contributed by atoms with Gasteiger partial charge in [-0.15, -0.1) is 0 Å². The fourth-order valence-corrected chi connectivity index (χ4v) is 3.33. The van der Waals surface area contributed by atoms with Gasteiger partial charge < -0.3 is 4.74 Å². The van der Waals surface area contributed by atoms with E-state index >= 15 is 0 Å². The van der Waals surface area contributed by atoms with E-state index in [1.165, 1.54) is 0 Å². The molecule has 0 fully saturated rings. The van der Waals surface area contributed by atoms with Crippen molar-refractivity contribution in [2.24, 2.45) is 0 Å². The SMILES string of the molecule is COc1ccc2c(c1)CCC(=Cc1c(Cl)nc3ccccn13)C2=O. The number of aryl methyl sites for hydroxylation is 1. The maximum absolute atomic E-state index is 12.8. The molecule has 0 spiro atoms. The highest BCUT2D eigenvalue weighted by Crippen LogP contribution is 2.30. The van der Waals surface area contributed by atoms with Crippen LogP contribution in [0.1, 0.15) is 28.0 Å². The molecule has 5 heteroatoms. The van der Waals surface area contributed by atoms with Crippen molar-refractivity contribution in [1.82, 2.24) is 9.38 Å². The molecular weight excluding hydrogens is 324 g/mol. The van der Waals surface area contributed by atoms with Crippen LogP contribution in [0.5, 0.6) is 5.75 Å². The van der Waals surface area contributed by atoms with Crippen LogP contribution in [0.3, 0.4) is 0 Å². The molecule has 0 aliphatic heterocycles. The Bertz CT molecular complexity index is 988. The number of rotatable bonds is 2. The molecule has 0 N–H and O–H groups in total. The van der Waals surface area contributed by atoms with Gasteiger partial charge in [-0.3, -0.25) is 9.20 Å². The maximum Gasteiger partial charge on any atom is 0.189 e. The second-order valence-electron chi connectivity index (χ2n) is 5.74. The lowest BCUT2D eigenvalue weighted by atomic mass is 9.86. The third kappa shape index (κ3) is 2.39. The first-order valence-electron chi connectivity index (χ1n) is 7.72. The Balaban J connectivity index is 1.78. The molecule has 1 aliphatic rings. The topological polar surface area (TPSA) is 43.6 Å². The van der Waals surface area contributed by atoms with Crippen molar-refractivity contribution in [2.75, 3.05) is 7.11 Å². The molecule has 4 nitrogen and oxygen atoms in total. The lowest BCUT2D eigenvalue weighted by molar-refractivity contribution is 0.102. The molecule has 0 amide bonds. The van der Waals surface area contributed by atoms with Crippen LogP contribution in [0, 0.1) is 0 Å². The number of ether oxygens (including phenoxy) is 1. The quantitative estimate of drug-likeness (QED) is 0.657. The smallest absolute Gasteiger partial charge is 0.189 e. The molecule has 120 valence electrons. The number of fused-ring (bicyclic) bond motifs is 2. The Hall–Kier alpha value is -2.59. The molecule has 2 aromatic heterocycles. The van der Waals surface area contributed by atoms with E-state index in [4.69, 9.17) is 16.3 Å². The van der Waals surface area contributed by atoms with Gasteiger partial charge in [-0.1, -0.05) is 17.7 Å². The van der Waals surface area contributed by atoms with E-state index in [0.717, 1.165) is 40.2 Å². The van der Waals surface area contributed by atoms with Crippen LogP contribution < -0.4 is 4.74 Å². The van der Waals surface area contributed by atoms with Crippen LogP contribution in [-0.2, 0) is 6.42 Å². The summed E-state index contributed by atoms with van der Waals surface area (Å²) in [6, 6.07) is 11.3. The van der Waals surface area contributed by atoms with Gasteiger partial charge in [0.2, 0.25) is 0 Å². The van der Waals surface area contributed by atoms with Crippen LogP contribution in [0.15, 0.2) is 48.2 Å². The number of carbonyl (C=O) groups excluding carboxylic acids is 1. The van der Waals surface area contributed by atoms with Crippen molar-refractivity contribution in [2.45, 2.75) is 12.8 Å². The predicted molar refractivity (Wildman–Crippen MR) is 93.8 cm³/mol. The van der Waals surface area contributed by atoms with Gasteiger partial charge in [0.25, 0.3) is 0 Å². The van der Waals surface area contributed by atoms with Gasteiger partial charge in [-0.2, -0.15) is 0 Å². The molecule has 24 heavy (non-hydrogen) atoms. The number of methoxy groups -OCH3 is 1. The second kappa shape index (κ2) is 5.80. The lowest BCUT2D eigenvalue weighted by Gasteiger charge is -2.18. The fourth-order valence-electron chi connectivity index (χ4n) is 3.10. The van der Waals surface area contributed by atoms with Gasteiger partial charge in [0.1, 0.15) is 11.4 Å². The summed E-state index contributed by atoms with van der Waals surface area (Å²) < 4.78 is 7.13. The lowest BCUT2D eigenvalue weighted by Crippen LogP contribution is -2.14. The minimum atomic E-state index is 0.0425. The first-order valence-corrected chi connectivity index (χ1v) is 8.10. The van der Waals surface area contributed by atoms with E-state index in [1.54, 1.807) is 7.11 Å². The number of carbonyl (C=O) groups is 1. The molecule has 1 aromatic carbocycles. The van der Waals surface area contributed by atoms with E-state index in [2.05, 4.69) is 4.98 Å². The highest BCUT2D eigenvalue weighted by atomic mass is 35.5. The normalized spacial score (nSPS) is 15.8. The minimum Gasteiger partial charge on any atom is -0.497 e. The van der Waals surface area contributed by atoms with Crippen molar-refractivity contribution in [3.63, 3.8) is 0 Å². The zero-order chi connectivity index (χ0) is 16.7. The highest BCUT2D eigenvalue weighted by Gasteiger charge is 2.23. The number of Topliss-reactive ketones (excluding diaryl/α,β-unsaturated/α-hetero) is 1. The van der Waals surface area contributed by atoms with Gasteiger partial charge in [-0.25, -0.2) is 4.98 Å². The van der Waals surface area contributed by atoms with Crippen LogP contribution in [0.4, 0.5) is 0 Å². The van der Waals surface area contributed by atoms with Gasteiger partial charge >= 0.3 is 0 Å². The summed E-state index contributed by atoms with van der Waals surface area (Å²) in [6.45, 7) is 0. The summed E-state index contributed by atoms with van der Waals surface area (Å²) in [5, 5.41) is 0.405. The van der Waals surface area contributed by atoms with Gasteiger partial charge in [0.15, 0.2) is 10.9 Å². The number of imidazole rings is 1. The van der Waals surface area contributed by atoms with Crippen molar-refractivity contribution in [3.8, 4) is 5.75 Å². The predicted octanol–water partition coefficient (Wildman–Crippen LogP) is 4.21. The summed E-state index contributed by atoms with van der Waals surface area (Å²) in [4.78, 5) is 17.1. The van der Waals surface area contributed by atoms with Crippen molar-refractivity contribution in [1.29, 1.82) is 0 Å². The van der Waals surface area contributed by atoms with E-state index in [-0.39, 0.29) is 5.78 Å². The maximum atomic E-state index is 12.8. The molecule has 0 saturated carbocycles. The van der Waals surface area contributed by atoms with Gasteiger partial charge in [-0.05, 0) is 54.8 Å². The Morgan fingerprint density at radius 1 is 1.25 bits per heavy atom. The minimum absolute atomic E-state index is 0.0425. The molecule has 0 unspecified atom stereocenters. The first-order chi connectivity index (χ1) is 11.7. The summed E-state index contributed by atoms with van der Waals surface area (Å²) in [6.07, 6.45) is 5.23. The molecule has 0 radical (unpaired) electrons. The van der Waals surface area contributed by atoms with Crippen LogP contribution in [0.25, 0.3) is 11.7 Å². The standard InChI is InChI=1S/C19H15ClN2O2/c1-24-14-7-8-15-12(10-14)5-6-13(18(15)23)11-16-19(20)21-17-4-2-3-9-22(16)17/h2-4,7-11H,5-6H2,1H3. The fraction of sp³-hybridized carbons (Fsp3) is 0.158. The number of ketones is 1. The number of allylic oxidation sites excluding steroid dienone is 1. The average molecular weight is 339 g/mol.